The van der Waals surface area contributed by atoms with Crippen LogP contribution in [-0.2, 0) is 11.3 Å². The molecule has 0 spiro atoms. The summed E-state index contributed by atoms with van der Waals surface area (Å²) in [7, 11) is 0. The van der Waals surface area contributed by atoms with Crippen molar-refractivity contribution in [1.29, 1.82) is 0 Å². The molecule has 2 saturated heterocycles. The van der Waals surface area contributed by atoms with Gasteiger partial charge < -0.3 is 4.90 Å². The summed E-state index contributed by atoms with van der Waals surface area (Å²) in [5.74, 6) is 2.67. The van der Waals surface area contributed by atoms with Gasteiger partial charge in [-0.25, -0.2) is 0 Å². The van der Waals surface area contributed by atoms with Crippen LogP contribution in [-0.4, -0.2) is 41.9 Å². The van der Waals surface area contributed by atoms with Crippen molar-refractivity contribution in [3.63, 3.8) is 0 Å². The summed E-state index contributed by atoms with van der Waals surface area (Å²) in [5.41, 5.74) is 4.21. The van der Waals surface area contributed by atoms with Gasteiger partial charge in [0.05, 0.1) is 0 Å². The lowest BCUT2D eigenvalue weighted by molar-refractivity contribution is -0.131. The van der Waals surface area contributed by atoms with E-state index in [1.54, 1.807) is 0 Å². The molecule has 4 rings (SSSR count). The maximum Gasteiger partial charge on any atom is 0.222 e. The number of hydrogen-bond acceptors (Lipinski definition) is 2. The van der Waals surface area contributed by atoms with Gasteiger partial charge in [0.25, 0.3) is 0 Å². The number of nitrogens with zero attached hydrogens (tertiary/aromatic N) is 2. The van der Waals surface area contributed by atoms with Crippen molar-refractivity contribution in [3.8, 4) is 0 Å². The molecule has 0 radical (unpaired) electrons. The van der Waals surface area contributed by atoms with Gasteiger partial charge in [-0.15, -0.1) is 0 Å². The van der Waals surface area contributed by atoms with Gasteiger partial charge in [0.2, 0.25) is 5.91 Å². The molecule has 0 aromatic heterocycles. The lowest BCUT2D eigenvalue weighted by Crippen LogP contribution is -2.36. The molecule has 3 fully saturated rings. The van der Waals surface area contributed by atoms with Crippen LogP contribution in [0, 0.1) is 31.6 Å². The molecule has 142 valence electrons. The van der Waals surface area contributed by atoms with Crippen LogP contribution >= 0.6 is 0 Å². The second kappa shape index (κ2) is 7.72. The van der Waals surface area contributed by atoms with E-state index in [-0.39, 0.29) is 0 Å². The van der Waals surface area contributed by atoms with Gasteiger partial charge in [0.15, 0.2) is 0 Å². The molecule has 2 aliphatic heterocycles. The highest BCUT2D eigenvalue weighted by atomic mass is 16.2. The molecule has 1 aliphatic carbocycles. The molecule has 1 saturated carbocycles. The lowest BCUT2D eigenvalue weighted by Gasteiger charge is -2.33. The minimum atomic E-state index is 0.437. The number of hydrogen-bond donors (Lipinski definition) is 0. The normalized spacial score (nSPS) is 27.1. The van der Waals surface area contributed by atoms with Crippen molar-refractivity contribution >= 4 is 5.91 Å². The summed E-state index contributed by atoms with van der Waals surface area (Å²) in [6.07, 6.45) is 7.23. The van der Waals surface area contributed by atoms with Crippen LogP contribution in [0.15, 0.2) is 18.2 Å². The molecule has 1 aromatic rings. The largest absolute Gasteiger partial charge is 0.342 e. The molecule has 1 amide bonds. The number of piperidine rings is 1. The van der Waals surface area contributed by atoms with E-state index in [4.69, 9.17) is 0 Å². The zero-order valence-electron chi connectivity index (χ0n) is 16.5. The summed E-state index contributed by atoms with van der Waals surface area (Å²) in [4.78, 5) is 17.5. The van der Waals surface area contributed by atoms with Crippen LogP contribution in [0.5, 0.6) is 0 Å². The van der Waals surface area contributed by atoms with Crippen LogP contribution in [0.2, 0.25) is 0 Å². The Morgan fingerprint density at radius 2 is 1.73 bits per heavy atom. The van der Waals surface area contributed by atoms with E-state index in [0.717, 1.165) is 51.0 Å². The average molecular weight is 355 g/mol. The van der Waals surface area contributed by atoms with Crippen molar-refractivity contribution in [3.05, 3.63) is 34.9 Å². The van der Waals surface area contributed by atoms with Crippen molar-refractivity contribution in [2.24, 2.45) is 17.8 Å². The van der Waals surface area contributed by atoms with Crippen LogP contribution in [0.25, 0.3) is 0 Å². The first-order valence-corrected chi connectivity index (χ1v) is 10.6. The number of likely N-dealkylation sites (tertiary alicyclic amines) is 2. The first-order valence-electron chi connectivity index (χ1n) is 10.6. The molecule has 2 atom stereocenters. The van der Waals surface area contributed by atoms with Crippen molar-refractivity contribution < 1.29 is 4.79 Å². The summed E-state index contributed by atoms with van der Waals surface area (Å²) < 4.78 is 0. The molecule has 0 bridgehead atoms. The minimum Gasteiger partial charge on any atom is -0.342 e. The fourth-order valence-electron chi connectivity index (χ4n) is 5.37. The maximum atomic E-state index is 12.7. The van der Waals surface area contributed by atoms with Gasteiger partial charge in [-0.1, -0.05) is 30.2 Å². The third-order valence-corrected chi connectivity index (χ3v) is 7.15. The Kier molecular flexibility index (Phi) is 5.35. The lowest BCUT2D eigenvalue weighted by atomic mass is 9.92. The Labute approximate surface area is 158 Å². The first kappa shape index (κ1) is 18.0. The first-order chi connectivity index (χ1) is 12.6. The van der Waals surface area contributed by atoms with E-state index in [1.165, 1.54) is 48.8 Å². The fourth-order valence-corrected chi connectivity index (χ4v) is 5.37. The highest BCUT2D eigenvalue weighted by Gasteiger charge is 2.38. The van der Waals surface area contributed by atoms with E-state index in [1.807, 2.05) is 0 Å². The number of benzene rings is 1. The Hall–Kier alpha value is -1.35. The van der Waals surface area contributed by atoms with Gasteiger partial charge >= 0.3 is 0 Å². The number of aryl methyl sites for hydroxylation is 2. The molecular weight excluding hydrogens is 320 g/mol. The number of fused-ring (bicyclic) bond motifs is 1. The SMILES string of the molecule is Cc1ccc(C)c(CN2CCC(CC(=O)N3CC4CCCC4C3)CC2)c1. The third-order valence-electron chi connectivity index (χ3n) is 7.15. The average Bonchev–Trinajstić information content (AvgIpc) is 3.22. The second-order valence-electron chi connectivity index (χ2n) is 9.10. The molecule has 3 nitrogen and oxygen atoms in total. The van der Waals surface area contributed by atoms with E-state index < -0.39 is 0 Å². The van der Waals surface area contributed by atoms with Crippen LogP contribution < -0.4 is 0 Å². The predicted octanol–water partition coefficient (Wildman–Crippen LogP) is 4.16. The second-order valence-corrected chi connectivity index (χ2v) is 9.10. The van der Waals surface area contributed by atoms with Crippen LogP contribution in [0.3, 0.4) is 0 Å². The monoisotopic (exact) mass is 354 g/mol. The highest BCUT2D eigenvalue weighted by Crippen LogP contribution is 2.38. The van der Waals surface area contributed by atoms with Crippen molar-refractivity contribution in [1.82, 2.24) is 9.80 Å². The molecule has 3 heteroatoms. The highest BCUT2D eigenvalue weighted by molar-refractivity contribution is 5.76. The zero-order chi connectivity index (χ0) is 18.1. The minimum absolute atomic E-state index is 0.437. The number of carbonyl (C=O) groups excluding carboxylic acids is 1. The van der Waals surface area contributed by atoms with Crippen molar-refractivity contribution in [2.75, 3.05) is 26.2 Å². The Balaban J connectivity index is 1.23. The topological polar surface area (TPSA) is 23.6 Å². The molecule has 0 N–H and O–H groups in total. The quantitative estimate of drug-likeness (QED) is 0.810. The molecule has 2 unspecified atom stereocenters. The number of amides is 1. The van der Waals surface area contributed by atoms with E-state index in [2.05, 4.69) is 41.8 Å². The van der Waals surface area contributed by atoms with Crippen molar-refractivity contribution in [2.45, 2.75) is 58.9 Å². The number of carbonyl (C=O) groups is 1. The van der Waals surface area contributed by atoms with Gasteiger partial charge in [0.1, 0.15) is 0 Å². The molecular formula is C23H34N2O. The summed E-state index contributed by atoms with van der Waals surface area (Å²) >= 11 is 0. The molecule has 1 aromatic carbocycles. The van der Waals surface area contributed by atoms with Gasteiger partial charge in [-0.3, -0.25) is 9.69 Å². The maximum absolute atomic E-state index is 12.7. The fraction of sp³-hybridized carbons (Fsp3) is 0.696. The van der Waals surface area contributed by atoms with Gasteiger partial charge in [-0.05, 0) is 81.5 Å². The summed E-state index contributed by atoms with van der Waals surface area (Å²) in [6, 6.07) is 6.76. The van der Waals surface area contributed by atoms with Gasteiger partial charge in [-0.2, -0.15) is 0 Å². The van der Waals surface area contributed by atoms with Crippen LogP contribution in [0.4, 0.5) is 0 Å². The van der Waals surface area contributed by atoms with Crippen LogP contribution in [0.1, 0.15) is 55.2 Å². The Morgan fingerprint density at radius 3 is 2.42 bits per heavy atom. The van der Waals surface area contributed by atoms with E-state index >= 15 is 0 Å². The molecule has 2 heterocycles. The standard InChI is InChI=1S/C23H34N2O/c1-17-6-7-18(2)22(12-17)14-24-10-8-19(9-11-24)13-23(26)25-15-20-4-3-5-21(20)16-25/h6-7,12,19-21H,3-5,8-11,13-16H2,1-2H3. The molecule has 3 aliphatic rings. The Bertz CT molecular complexity index is 636. The summed E-state index contributed by atoms with van der Waals surface area (Å²) in [6.45, 7) is 9.82. The smallest absolute Gasteiger partial charge is 0.222 e. The predicted molar refractivity (Wildman–Crippen MR) is 106 cm³/mol. The summed E-state index contributed by atoms with van der Waals surface area (Å²) in [5, 5.41) is 0. The van der Waals surface area contributed by atoms with Gasteiger partial charge in [0, 0.05) is 26.1 Å². The molecule has 26 heavy (non-hydrogen) atoms. The third kappa shape index (κ3) is 3.98. The zero-order valence-corrected chi connectivity index (χ0v) is 16.5. The Morgan fingerprint density at radius 1 is 1.04 bits per heavy atom. The van der Waals surface area contributed by atoms with E-state index in [0.29, 0.717) is 11.8 Å². The number of rotatable bonds is 4. The van der Waals surface area contributed by atoms with E-state index in [9.17, 15) is 4.79 Å².